The van der Waals surface area contributed by atoms with Crippen LogP contribution in [0.15, 0.2) is 0 Å². The number of ether oxygens (including phenoxy) is 1. The van der Waals surface area contributed by atoms with Crippen molar-refractivity contribution < 1.29 is 24.5 Å². The lowest BCUT2D eigenvalue weighted by atomic mass is 10.2. The summed E-state index contributed by atoms with van der Waals surface area (Å²) in [6.07, 6.45) is 0. The van der Waals surface area contributed by atoms with Crippen LogP contribution in [0.2, 0.25) is 0 Å². The first-order valence-corrected chi connectivity index (χ1v) is 4.31. The Bertz CT molecular complexity index is 407. The molecule has 0 radical (unpaired) electrons. The molecule has 0 aromatic carbocycles. The van der Waals surface area contributed by atoms with Crippen molar-refractivity contribution in [1.29, 1.82) is 0 Å². The lowest BCUT2D eigenvalue weighted by molar-refractivity contribution is 0.0517. The van der Waals surface area contributed by atoms with Crippen LogP contribution in [0.25, 0.3) is 0 Å². The fourth-order valence-corrected chi connectivity index (χ4v) is 1.22. The number of aromatic hydroxyl groups is 1. The van der Waals surface area contributed by atoms with Crippen molar-refractivity contribution in [1.82, 2.24) is 4.98 Å². The summed E-state index contributed by atoms with van der Waals surface area (Å²) in [6.45, 7) is 3.22. The van der Waals surface area contributed by atoms with Crippen LogP contribution in [-0.2, 0) is 4.74 Å². The van der Waals surface area contributed by atoms with Crippen LogP contribution in [0.3, 0.4) is 0 Å². The highest BCUT2D eigenvalue weighted by molar-refractivity contribution is 5.99. The van der Waals surface area contributed by atoms with Crippen molar-refractivity contribution in [2.45, 2.75) is 13.8 Å². The van der Waals surface area contributed by atoms with Crippen molar-refractivity contribution in [3.8, 4) is 5.75 Å². The highest BCUT2D eigenvalue weighted by Gasteiger charge is 2.24. The second-order valence-corrected chi connectivity index (χ2v) is 2.87. The second-order valence-electron chi connectivity index (χ2n) is 2.87. The molecule has 0 atom stereocenters. The molecule has 0 unspecified atom stereocenters. The third kappa shape index (κ3) is 1.93. The predicted octanol–water partition coefficient (Wildman–Crippen LogP) is 0.904. The van der Waals surface area contributed by atoms with Crippen LogP contribution < -0.4 is 0 Å². The largest absolute Gasteiger partial charge is 0.505 e. The van der Waals surface area contributed by atoms with Crippen molar-refractivity contribution in [2.75, 3.05) is 6.61 Å². The minimum atomic E-state index is -1.29. The van der Waals surface area contributed by atoms with E-state index in [9.17, 15) is 14.7 Å². The Balaban J connectivity index is 3.17. The van der Waals surface area contributed by atoms with E-state index in [1.54, 1.807) is 6.92 Å². The van der Waals surface area contributed by atoms with E-state index in [1.807, 2.05) is 0 Å². The molecule has 0 saturated heterocycles. The predicted molar refractivity (Wildman–Crippen MR) is 50.1 cm³/mol. The molecule has 3 N–H and O–H groups in total. The lowest BCUT2D eigenvalue weighted by Gasteiger charge is -1.99. The molecule has 0 amide bonds. The third-order valence-electron chi connectivity index (χ3n) is 1.85. The van der Waals surface area contributed by atoms with E-state index in [1.165, 1.54) is 6.92 Å². The Labute approximate surface area is 85.5 Å². The maximum atomic E-state index is 11.2. The quantitative estimate of drug-likeness (QED) is 0.648. The van der Waals surface area contributed by atoms with E-state index < -0.39 is 17.7 Å². The molecular formula is C9H11NO5. The minimum absolute atomic E-state index is 0.152. The average molecular weight is 213 g/mol. The highest BCUT2D eigenvalue weighted by Crippen LogP contribution is 2.26. The molecule has 0 aliphatic rings. The van der Waals surface area contributed by atoms with Gasteiger partial charge < -0.3 is 19.9 Å². The molecule has 0 bridgehead atoms. The Morgan fingerprint density at radius 1 is 1.47 bits per heavy atom. The standard InChI is InChI=1S/C9H11NO5/c1-3-15-9(14)6-7(11)5(8(12)13)4(2)10-6/h10-11H,3H2,1-2H3,(H,12,13). The molecule has 1 aromatic rings. The van der Waals surface area contributed by atoms with Crippen LogP contribution in [0.4, 0.5) is 0 Å². The molecule has 15 heavy (non-hydrogen) atoms. The molecule has 6 nitrogen and oxygen atoms in total. The first-order chi connectivity index (χ1) is 6.99. The molecule has 0 aliphatic heterocycles. The van der Waals surface area contributed by atoms with Gasteiger partial charge in [0.1, 0.15) is 5.56 Å². The van der Waals surface area contributed by atoms with Gasteiger partial charge in [-0.3, -0.25) is 0 Å². The van der Waals surface area contributed by atoms with Gasteiger partial charge in [0.25, 0.3) is 0 Å². The number of carboxylic acids is 1. The van der Waals surface area contributed by atoms with Gasteiger partial charge >= 0.3 is 11.9 Å². The zero-order chi connectivity index (χ0) is 11.6. The molecule has 1 rings (SSSR count). The van der Waals surface area contributed by atoms with Crippen LogP contribution in [0.1, 0.15) is 33.5 Å². The van der Waals surface area contributed by atoms with Gasteiger partial charge in [-0.05, 0) is 13.8 Å². The van der Waals surface area contributed by atoms with Crippen molar-refractivity contribution in [3.05, 3.63) is 17.0 Å². The minimum Gasteiger partial charge on any atom is -0.505 e. The SMILES string of the molecule is CCOC(=O)c1[nH]c(C)c(C(=O)O)c1O. The average Bonchev–Trinajstić information content (AvgIpc) is 2.42. The Hall–Kier alpha value is -1.98. The van der Waals surface area contributed by atoms with E-state index in [-0.39, 0.29) is 23.6 Å². The fraction of sp³-hybridized carbons (Fsp3) is 0.333. The summed E-state index contributed by atoms with van der Waals surface area (Å²) in [5.41, 5.74) is -0.326. The lowest BCUT2D eigenvalue weighted by Crippen LogP contribution is -2.05. The van der Waals surface area contributed by atoms with Crippen molar-refractivity contribution in [2.24, 2.45) is 0 Å². The number of carboxylic acid groups (broad SMARTS) is 1. The summed E-state index contributed by atoms with van der Waals surface area (Å²) in [4.78, 5) is 24.4. The Morgan fingerprint density at radius 3 is 2.47 bits per heavy atom. The van der Waals surface area contributed by atoms with Crippen LogP contribution >= 0.6 is 0 Å². The van der Waals surface area contributed by atoms with Gasteiger partial charge in [-0.15, -0.1) is 0 Å². The number of aromatic nitrogens is 1. The molecule has 1 aromatic heterocycles. The maximum absolute atomic E-state index is 11.2. The zero-order valence-corrected chi connectivity index (χ0v) is 8.33. The van der Waals surface area contributed by atoms with Crippen molar-refractivity contribution in [3.63, 3.8) is 0 Å². The van der Waals surface area contributed by atoms with E-state index in [4.69, 9.17) is 5.11 Å². The third-order valence-corrected chi connectivity index (χ3v) is 1.85. The molecule has 82 valence electrons. The second kappa shape index (κ2) is 4.04. The number of aryl methyl sites for hydroxylation is 1. The maximum Gasteiger partial charge on any atom is 0.358 e. The summed E-state index contributed by atoms with van der Waals surface area (Å²) in [5, 5.41) is 18.2. The number of esters is 1. The fourth-order valence-electron chi connectivity index (χ4n) is 1.22. The first kappa shape index (κ1) is 11.1. The van der Waals surface area contributed by atoms with Gasteiger partial charge in [-0.2, -0.15) is 0 Å². The van der Waals surface area contributed by atoms with Gasteiger partial charge in [0.15, 0.2) is 11.4 Å². The van der Waals surface area contributed by atoms with E-state index >= 15 is 0 Å². The topological polar surface area (TPSA) is 99.6 Å². The summed E-state index contributed by atoms with van der Waals surface area (Å²) in [6, 6.07) is 0. The summed E-state index contributed by atoms with van der Waals surface area (Å²) < 4.78 is 4.63. The van der Waals surface area contributed by atoms with Gasteiger partial charge in [-0.25, -0.2) is 9.59 Å². The number of rotatable bonds is 3. The Kier molecular flexibility index (Phi) is 2.99. The number of aromatic carboxylic acids is 1. The summed E-state index contributed by atoms with van der Waals surface area (Å²) in [7, 11) is 0. The van der Waals surface area contributed by atoms with Crippen LogP contribution in [-0.4, -0.2) is 33.7 Å². The number of carbonyl (C=O) groups excluding carboxylic acids is 1. The van der Waals surface area contributed by atoms with Gasteiger partial charge in [0.05, 0.1) is 6.61 Å². The zero-order valence-electron chi connectivity index (χ0n) is 8.33. The summed E-state index contributed by atoms with van der Waals surface area (Å²) >= 11 is 0. The molecule has 0 fully saturated rings. The van der Waals surface area contributed by atoms with Crippen LogP contribution in [0.5, 0.6) is 5.75 Å². The normalized spacial score (nSPS) is 10.0. The highest BCUT2D eigenvalue weighted by atomic mass is 16.5. The Morgan fingerprint density at radius 2 is 2.07 bits per heavy atom. The number of hydrogen-bond acceptors (Lipinski definition) is 4. The van der Waals surface area contributed by atoms with Gasteiger partial charge in [-0.1, -0.05) is 0 Å². The van der Waals surface area contributed by atoms with Gasteiger partial charge in [0.2, 0.25) is 0 Å². The number of H-pyrrole nitrogens is 1. The molecule has 1 heterocycles. The molecule has 0 saturated carbocycles. The van der Waals surface area contributed by atoms with E-state index in [0.717, 1.165) is 0 Å². The first-order valence-electron chi connectivity index (χ1n) is 4.31. The van der Waals surface area contributed by atoms with Crippen molar-refractivity contribution >= 4 is 11.9 Å². The number of hydrogen-bond donors (Lipinski definition) is 3. The summed E-state index contributed by atoms with van der Waals surface area (Å²) in [5.74, 6) is -2.65. The molecule has 0 aliphatic carbocycles. The van der Waals surface area contributed by atoms with E-state index in [2.05, 4.69) is 9.72 Å². The number of nitrogens with one attached hydrogen (secondary N) is 1. The smallest absolute Gasteiger partial charge is 0.358 e. The molecule has 6 heteroatoms. The van der Waals surface area contributed by atoms with E-state index in [0.29, 0.717) is 0 Å². The number of carbonyl (C=O) groups is 2. The number of aromatic amines is 1. The van der Waals surface area contributed by atoms with Gasteiger partial charge in [0, 0.05) is 5.69 Å². The monoisotopic (exact) mass is 213 g/mol. The molecular weight excluding hydrogens is 202 g/mol. The van der Waals surface area contributed by atoms with Crippen LogP contribution in [0, 0.1) is 6.92 Å². The molecule has 0 spiro atoms.